The number of carbonyl (C=O) groups is 2. The van der Waals surface area contributed by atoms with Crippen LogP contribution in [0.1, 0.15) is 29.1 Å². The van der Waals surface area contributed by atoms with Crippen LogP contribution in [0.25, 0.3) is 5.69 Å². The number of halogens is 1. The summed E-state index contributed by atoms with van der Waals surface area (Å²) in [5, 5.41) is 8.27. The molecule has 5 rings (SSSR count). The van der Waals surface area contributed by atoms with E-state index in [0.717, 1.165) is 17.0 Å². The maximum Gasteiger partial charge on any atom is 0.228 e. The minimum Gasteiger partial charge on any atom is -0.471 e. The maximum atomic E-state index is 13.3. The number of hydrogen-bond acceptors (Lipinski definition) is 6. The topological polar surface area (TPSA) is 93.5 Å². The summed E-state index contributed by atoms with van der Waals surface area (Å²) in [6.45, 7) is 3.57. The summed E-state index contributed by atoms with van der Waals surface area (Å²) in [5.74, 6) is -0.0580. The van der Waals surface area contributed by atoms with Crippen LogP contribution in [0.4, 0.5) is 4.39 Å². The number of nitrogens with zero attached hydrogens (tertiary/aromatic N) is 6. The van der Waals surface area contributed by atoms with Crippen molar-refractivity contribution < 1.29 is 18.7 Å². The summed E-state index contributed by atoms with van der Waals surface area (Å²) in [7, 11) is 1.73. The largest absolute Gasteiger partial charge is 0.471 e. The average molecular weight is 465 g/mol. The molecule has 0 N–H and O–H groups in total. The van der Waals surface area contributed by atoms with Crippen molar-refractivity contribution >= 4 is 11.8 Å². The molecule has 3 aromatic rings. The molecule has 0 spiro atoms. The summed E-state index contributed by atoms with van der Waals surface area (Å²) in [6, 6.07) is 9.75. The highest BCUT2D eigenvalue weighted by Crippen LogP contribution is 2.25. The number of aromatic nitrogens is 4. The number of amides is 2. The van der Waals surface area contributed by atoms with Gasteiger partial charge in [-0.3, -0.25) is 9.59 Å². The van der Waals surface area contributed by atoms with Crippen LogP contribution >= 0.6 is 0 Å². The van der Waals surface area contributed by atoms with E-state index in [-0.39, 0.29) is 36.6 Å². The first-order valence-electron chi connectivity index (χ1n) is 11.2. The first-order valence-corrected chi connectivity index (χ1v) is 11.2. The third kappa shape index (κ3) is 4.23. The quantitative estimate of drug-likeness (QED) is 0.574. The van der Waals surface area contributed by atoms with Gasteiger partial charge in [-0.05, 0) is 36.8 Å². The van der Waals surface area contributed by atoms with Crippen molar-refractivity contribution in [2.45, 2.75) is 32.9 Å². The van der Waals surface area contributed by atoms with Gasteiger partial charge in [0, 0.05) is 45.6 Å². The fraction of sp³-hybridized carbons (Fsp3) is 0.375. The van der Waals surface area contributed by atoms with Crippen LogP contribution in [0.2, 0.25) is 0 Å². The normalized spacial score (nSPS) is 17.7. The van der Waals surface area contributed by atoms with Crippen molar-refractivity contribution in [3.63, 3.8) is 0 Å². The van der Waals surface area contributed by atoms with Crippen LogP contribution in [-0.4, -0.2) is 61.7 Å². The third-order valence-electron chi connectivity index (χ3n) is 6.41. The van der Waals surface area contributed by atoms with E-state index in [0.29, 0.717) is 43.3 Å². The van der Waals surface area contributed by atoms with Gasteiger partial charge in [0.15, 0.2) is 0 Å². The van der Waals surface area contributed by atoms with E-state index in [9.17, 15) is 14.0 Å². The minimum atomic E-state index is -0.319. The Balaban J connectivity index is 1.25. The number of ether oxygens (including phenoxy) is 1. The summed E-state index contributed by atoms with van der Waals surface area (Å²) < 4.78 is 20.9. The molecule has 0 bridgehead atoms. The molecule has 0 saturated carbocycles. The second kappa shape index (κ2) is 8.85. The van der Waals surface area contributed by atoms with Gasteiger partial charge >= 0.3 is 0 Å². The molecule has 2 amide bonds. The lowest BCUT2D eigenvalue weighted by atomic mass is 10.0. The highest BCUT2D eigenvalue weighted by molar-refractivity contribution is 5.89. The van der Waals surface area contributed by atoms with Crippen molar-refractivity contribution in [1.82, 2.24) is 29.8 Å². The van der Waals surface area contributed by atoms with Gasteiger partial charge in [-0.1, -0.05) is 11.3 Å². The molecule has 1 aromatic carbocycles. The van der Waals surface area contributed by atoms with Crippen molar-refractivity contribution in [3.05, 3.63) is 64.9 Å². The molecular weight excluding hydrogens is 439 g/mol. The Kier molecular flexibility index (Phi) is 5.72. The maximum absolute atomic E-state index is 13.3. The third-order valence-corrected chi connectivity index (χ3v) is 6.41. The van der Waals surface area contributed by atoms with Crippen LogP contribution in [0, 0.1) is 18.7 Å². The molecule has 0 radical (unpaired) electrons. The van der Waals surface area contributed by atoms with Crippen LogP contribution in [0.3, 0.4) is 0 Å². The second-order valence-corrected chi connectivity index (χ2v) is 8.74. The summed E-state index contributed by atoms with van der Waals surface area (Å²) in [5.41, 5.74) is 4.05. The second-order valence-electron chi connectivity index (χ2n) is 8.74. The molecule has 1 saturated heterocycles. The molecule has 176 valence electrons. The SMILES string of the molecule is Cc1nnn(-c2ccc(F)cc2)c1COc1ccc2c(n1)CCN(C(=O)C1CC(=O)N(C)C1)C2. The predicted octanol–water partition coefficient (Wildman–Crippen LogP) is 2.05. The van der Waals surface area contributed by atoms with Gasteiger partial charge < -0.3 is 14.5 Å². The van der Waals surface area contributed by atoms with E-state index < -0.39 is 0 Å². The van der Waals surface area contributed by atoms with Crippen molar-refractivity contribution in [3.8, 4) is 11.6 Å². The molecule has 2 aliphatic heterocycles. The van der Waals surface area contributed by atoms with Gasteiger partial charge in [0.25, 0.3) is 0 Å². The molecule has 1 atom stereocenters. The predicted molar refractivity (Wildman–Crippen MR) is 119 cm³/mol. The molecule has 10 heteroatoms. The zero-order valence-corrected chi connectivity index (χ0v) is 19.1. The number of pyridine rings is 1. The van der Waals surface area contributed by atoms with Crippen LogP contribution < -0.4 is 4.74 Å². The first-order chi connectivity index (χ1) is 16.4. The Labute approximate surface area is 196 Å². The van der Waals surface area contributed by atoms with Crippen LogP contribution in [0.15, 0.2) is 36.4 Å². The number of benzene rings is 1. The zero-order valence-electron chi connectivity index (χ0n) is 19.1. The van der Waals surface area contributed by atoms with Crippen molar-refractivity contribution in [1.29, 1.82) is 0 Å². The van der Waals surface area contributed by atoms with Crippen LogP contribution in [0.5, 0.6) is 5.88 Å². The molecule has 9 nitrogen and oxygen atoms in total. The standard InChI is InChI=1S/C24H25FN6O3/c1-15-21(31(28-27-15)19-6-4-18(25)5-7-19)14-34-22-8-3-16-13-30(10-9-20(16)26-22)24(33)17-11-23(32)29(2)12-17/h3-8,17H,9-14H2,1-2H3. The number of fused-ring (bicyclic) bond motifs is 1. The van der Waals surface area contributed by atoms with Crippen molar-refractivity contribution in [2.75, 3.05) is 20.1 Å². The molecule has 4 heterocycles. The lowest BCUT2D eigenvalue weighted by Crippen LogP contribution is -2.40. The fourth-order valence-corrected chi connectivity index (χ4v) is 4.43. The molecule has 1 fully saturated rings. The smallest absolute Gasteiger partial charge is 0.228 e. The Morgan fingerprint density at radius 1 is 1.21 bits per heavy atom. The number of likely N-dealkylation sites (tertiary alicyclic amines) is 1. The number of carbonyl (C=O) groups excluding carboxylic acids is 2. The zero-order chi connectivity index (χ0) is 23.8. The van der Waals surface area contributed by atoms with E-state index in [1.54, 1.807) is 34.8 Å². The number of hydrogen-bond donors (Lipinski definition) is 0. The molecule has 0 aliphatic carbocycles. The van der Waals surface area contributed by atoms with E-state index >= 15 is 0 Å². The number of aryl methyl sites for hydroxylation is 1. The molecule has 2 aliphatic rings. The Bertz CT molecular complexity index is 1240. The molecule has 2 aromatic heterocycles. The summed E-state index contributed by atoms with van der Waals surface area (Å²) in [4.78, 5) is 32.7. The Hall–Kier alpha value is -3.82. The van der Waals surface area contributed by atoms with Gasteiger partial charge in [0.2, 0.25) is 17.7 Å². The van der Waals surface area contributed by atoms with Gasteiger partial charge in [0.1, 0.15) is 18.1 Å². The lowest BCUT2D eigenvalue weighted by molar-refractivity contribution is -0.136. The molecule has 34 heavy (non-hydrogen) atoms. The highest BCUT2D eigenvalue weighted by Gasteiger charge is 2.35. The van der Waals surface area contributed by atoms with E-state index in [1.807, 2.05) is 17.9 Å². The van der Waals surface area contributed by atoms with E-state index in [1.165, 1.54) is 12.1 Å². The van der Waals surface area contributed by atoms with Gasteiger partial charge in [-0.15, -0.1) is 5.10 Å². The fourth-order valence-electron chi connectivity index (χ4n) is 4.43. The Morgan fingerprint density at radius 3 is 2.74 bits per heavy atom. The lowest BCUT2D eigenvalue weighted by Gasteiger charge is -2.30. The highest BCUT2D eigenvalue weighted by atomic mass is 19.1. The van der Waals surface area contributed by atoms with Gasteiger partial charge in [-0.2, -0.15) is 0 Å². The molecular formula is C24H25FN6O3. The van der Waals surface area contributed by atoms with Gasteiger partial charge in [0.05, 0.1) is 23.0 Å². The van der Waals surface area contributed by atoms with Gasteiger partial charge in [-0.25, -0.2) is 14.1 Å². The average Bonchev–Trinajstić information content (AvgIpc) is 3.38. The van der Waals surface area contributed by atoms with E-state index in [4.69, 9.17) is 4.74 Å². The molecule has 1 unspecified atom stereocenters. The van der Waals surface area contributed by atoms with Crippen LogP contribution in [-0.2, 0) is 29.2 Å². The van der Waals surface area contributed by atoms with Crippen molar-refractivity contribution in [2.24, 2.45) is 5.92 Å². The minimum absolute atomic E-state index is 0.0189. The Morgan fingerprint density at radius 2 is 2.00 bits per heavy atom. The summed E-state index contributed by atoms with van der Waals surface area (Å²) >= 11 is 0. The first kappa shape index (κ1) is 22.0. The number of rotatable bonds is 5. The van der Waals surface area contributed by atoms with E-state index in [2.05, 4.69) is 15.3 Å². The summed E-state index contributed by atoms with van der Waals surface area (Å²) in [6.07, 6.45) is 0.912. The monoisotopic (exact) mass is 464 g/mol.